The first-order valence-corrected chi connectivity index (χ1v) is 7.27. The number of nitrogens with one attached hydrogen (secondary N) is 1. The van der Waals surface area contributed by atoms with E-state index < -0.39 is 0 Å². The lowest BCUT2D eigenvalue weighted by molar-refractivity contribution is 0.401. The monoisotopic (exact) mass is 283 g/mol. The third-order valence-corrected chi connectivity index (χ3v) is 3.35. The Morgan fingerprint density at radius 2 is 1.89 bits per heavy atom. The Morgan fingerprint density at radius 1 is 1.16 bits per heavy atom. The van der Waals surface area contributed by atoms with Gasteiger partial charge in [-0.3, -0.25) is 0 Å². The predicted octanol–water partition coefficient (Wildman–Crippen LogP) is 2.84. The zero-order chi connectivity index (χ0) is 14.3. The molecule has 4 heteroatoms. The van der Waals surface area contributed by atoms with Crippen LogP contribution in [0.5, 0.6) is 0 Å². The van der Waals surface area contributed by atoms with Gasteiger partial charge in [-0.15, -0.1) is 0 Å². The van der Waals surface area contributed by atoms with Gasteiger partial charge in [-0.25, -0.2) is 0 Å². The highest BCUT2D eigenvalue weighted by molar-refractivity contribution is 6.30. The average Bonchev–Trinajstić information content (AvgIpc) is 2.35. The normalized spacial score (nSPS) is 11.1. The van der Waals surface area contributed by atoms with Crippen molar-refractivity contribution in [1.82, 2.24) is 10.2 Å². The fourth-order valence-electron chi connectivity index (χ4n) is 2.07. The molecule has 108 valence electrons. The second-order valence-electron chi connectivity index (χ2n) is 5.13. The molecule has 1 aromatic rings. The summed E-state index contributed by atoms with van der Waals surface area (Å²) in [5, 5.41) is 4.17. The van der Waals surface area contributed by atoms with Crippen molar-refractivity contribution in [3.63, 3.8) is 0 Å². The zero-order valence-electron chi connectivity index (χ0n) is 12.5. The molecular weight excluding hydrogens is 258 g/mol. The molecule has 1 aromatic carbocycles. The number of nitrogens with zero attached hydrogens (tertiary/aromatic N) is 2. The summed E-state index contributed by atoms with van der Waals surface area (Å²) in [5.41, 5.74) is 2.53. The fraction of sp³-hybridized carbons (Fsp3) is 0.600. The second-order valence-corrected chi connectivity index (χ2v) is 5.57. The molecule has 19 heavy (non-hydrogen) atoms. The van der Waals surface area contributed by atoms with Crippen LogP contribution in [0.2, 0.25) is 5.02 Å². The molecule has 0 aliphatic heterocycles. The summed E-state index contributed by atoms with van der Waals surface area (Å²) in [7, 11) is 6.37. The summed E-state index contributed by atoms with van der Waals surface area (Å²) in [5.74, 6) is 0. The fourth-order valence-corrected chi connectivity index (χ4v) is 2.27. The Bertz CT molecular complexity index is 380. The van der Waals surface area contributed by atoms with E-state index in [1.807, 2.05) is 6.07 Å². The SMILES string of the molecule is CCNCc1cc(Cl)ccc1N(C)CCCN(C)C. The topological polar surface area (TPSA) is 18.5 Å². The minimum Gasteiger partial charge on any atom is -0.374 e. The van der Waals surface area contributed by atoms with Crippen molar-refractivity contribution in [1.29, 1.82) is 0 Å². The van der Waals surface area contributed by atoms with Crippen molar-refractivity contribution in [3.05, 3.63) is 28.8 Å². The molecule has 1 rings (SSSR count). The number of hydrogen-bond donors (Lipinski definition) is 1. The quantitative estimate of drug-likeness (QED) is 0.791. The minimum atomic E-state index is 0.804. The number of anilines is 1. The van der Waals surface area contributed by atoms with Crippen molar-refractivity contribution in [3.8, 4) is 0 Å². The summed E-state index contributed by atoms with van der Waals surface area (Å²) in [6, 6.07) is 6.14. The van der Waals surface area contributed by atoms with Gasteiger partial charge in [0, 0.05) is 30.8 Å². The van der Waals surface area contributed by atoms with Gasteiger partial charge in [0.2, 0.25) is 0 Å². The molecule has 0 aliphatic carbocycles. The third-order valence-electron chi connectivity index (χ3n) is 3.12. The Kier molecular flexibility index (Phi) is 7.21. The smallest absolute Gasteiger partial charge is 0.0410 e. The van der Waals surface area contributed by atoms with Gasteiger partial charge in [0.1, 0.15) is 0 Å². The van der Waals surface area contributed by atoms with Crippen LogP contribution >= 0.6 is 11.6 Å². The van der Waals surface area contributed by atoms with Gasteiger partial charge in [0.25, 0.3) is 0 Å². The molecule has 0 aliphatic rings. The van der Waals surface area contributed by atoms with Crippen LogP contribution in [0.15, 0.2) is 18.2 Å². The van der Waals surface area contributed by atoms with Crippen LogP contribution in [-0.4, -0.2) is 45.7 Å². The van der Waals surface area contributed by atoms with E-state index in [1.54, 1.807) is 0 Å². The molecule has 0 saturated heterocycles. The van der Waals surface area contributed by atoms with E-state index in [9.17, 15) is 0 Å². The Morgan fingerprint density at radius 3 is 2.53 bits per heavy atom. The van der Waals surface area contributed by atoms with Gasteiger partial charge < -0.3 is 15.1 Å². The summed E-state index contributed by atoms with van der Waals surface area (Å²) in [6.45, 7) is 6.12. The molecule has 0 unspecified atom stereocenters. The first kappa shape index (κ1) is 16.3. The molecule has 1 N–H and O–H groups in total. The molecule has 0 heterocycles. The highest BCUT2D eigenvalue weighted by Crippen LogP contribution is 2.23. The van der Waals surface area contributed by atoms with Crippen LogP contribution < -0.4 is 10.2 Å². The third kappa shape index (κ3) is 5.81. The molecule has 3 nitrogen and oxygen atoms in total. The molecule has 0 atom stereocenters. The maximum Gasteiger partial charge on any atom is 0.0410 e. The van der Waals surface area contributed by atoms with Gasteiger partial charge in [-0.05, 0) is 57.4 Å². The molecule has 0 spiro atoms. The first-order valence-electron chi connectivity index (χ1n) is 6.89. The van der Waals surface area contributed by atoms with Gasteiger partial charge >= 0.3 is 0 Å². The van der Waals surface area contributed by atoms with E-state index in [-0.39, 0.29) is 0 Å². The van der Waals surface area contributed by atoms with E-state index in [0.29, 0.717) is 0 Å². The number of benzene rings is 1. The van der Waals surface area contributed by atoms with Gasteiger partial charge in [-0.1, -0.05) is 18.5 Å². The standard InChI is InChI=1S/C15H26ClN3/c1-5-17-12-13-11-14(16)7-8-15(13)19(4)10-6-9-18(2)3/h7-8,11,17H,5-6,9-10,12H2,1-4H3. The Labute approximate surface area is 122 Å². The average molecular weight is 284 g/mol. The number of hydrogen-bond acceptors (Lipinski definition) is 3. The highest BCUT2D eigenvalue weighted by Gasteiger charge is 2.08. The van der Waals surface area contributed by atoms with Gasteiger partial charge in [-0.2, -0.15) is 0 Å². The maximum absolute atomic E-state index is 6.09. The van der Waals surface area contributed by atoms with Crippen molar-refractivity contribution in [2.75, 3.05) is 45.7 Å². The molecule has 0 saturated carbocycles. The van der Waals surface area contributed by atoms with E-state index in [2.05, 4.69) is 55.3 Å². The van der Waals surface area contributed by atoms with Crippen molar-refractivity contribution >= 4 is 17.3 Å². The second kappa shape index (κ2) is 8.41. The first-order chi connectivity index (χ1) is 9.04. The van der Waals surface area contributed by atoms with Crippen LogP contribution in [-0.2, 0) is 6.54 Å². The maximum atomic E-state index is 6.09. The Balaban J connectivity index is 2.68. The van der Waals surface area contributed by atoms with Crippen molar-refractivity contribution in [2.24, 2.45) is 0 Å². The van der Waals surface area contributed by atoms with Crippen LogP contribution in [0.3, 0.4) is 0 Å². The van der Waals surface area contributed by atoms with Gasteiger partial charge in [0.15, 0.2) is 0 Å². The lowest BCUT2D eigenvalue weighted by atomic mass is 10.1. The number of rotatable bonds is 8. The summed E-state index contributed by atoms with van der Waals surface area (Å²) >= 11 is 6.09. The highest BCUT2D eigenvalue weighted by atomic mass is 35.5. The predicted molar refractivity (Wildman–Crippen MR) is 85.3 cm³/mol. The molecular formula is C15H26ClN3. The van der Waals surface area contributed by atoms with E-state index in [1.165, 1.54) is 11.3 Å². The zero-order valence-corrected chi connectivity index (χ0v) is 13.3. The Hall–Kier alpha value is -0.770. The van der Waals surface area contributed by atoms with Crippen LogP contribution in [0.1, 0.15) is 18.9 Å². The summed E-state index contributed by atoms with van der Waals surface area (Å²) < 4.78 is 0. The summed E-state index contributed by atoms with van der Waals surface area (Å²) in [6.07, 6.45) is 1.16. The molecule has 0 aromatic heterocycles. The lowest BCUT2D eigenvalue weighted by Gasteiger charge is -2.23. The molecule has 0 bridgehead atoms. The van der Waals surface area contributed by atoms with E-state index in [4.69, 9.17) is 11.6 Å². The molecule has 0 radical (unpaired) electrons. The van der Waals surface area contributed by atoms with E-state index in [0.717, 1.165) is 37.6 Å². The largest absolute Gasteiger partial charge is 0.374 e. The van der Waals surface area contributed by atoms with Crippen LogP contribution in [0, 0.1) is 0 Å². The lowest BCUT2D eigenvalue weighted by Crippen LogP contribution is -2.25. The van der Waals surface area contributed by atoms with Crippen molar-refractivity contribution < 1.29 is 0 Å². The number of halogens is 1. The van der Waals surface area contributed by atoms with Crippen LogP contribution in [0.25, 0.3) is 0 Å². The van der Waals surface area contributed by atoms with E-state index >= 15 is 0 Å². The van der Waals surface area contributed by atoms with Crippen molar-refractivity contribution in [2.45, 2.75) is 19.9 Å². The van der Waals surface area contributed by atoms with Crippen LogP contribution in [0.4, 0.5) is 5.69 Å². The molecule has 0 fully saturated rings. The summed E-state index contributed by atoms with van der Waals surface area (Å²) in [4.78, 5) is 4.53. The minimum absolute atomic E-state index is 0.804. The van der Waals surface area contributed by atoms with Gasteiger partial charge in [0.05, 0.1) is 0 Å². The molecule has 0 amide bonds.